The molecule has 150 valence electrons. The molecule has 10 nitrogen and oxygen atoms in total. The van der Waals surface area contributed by atoms with Crippen LogP contribution >= 0.6 is 0 Å². The van der Waals surface area contributed by atoms with Gasteiger partial charge in [0.2, 0.25) is 0 Å². The molecule has 0 saturated heterocycles. The Hall–Kier alpha value is -3.95. The van der Waals surface area contributed by atoms with Crippen LogP contribution in [0.5, 0.6) is 5.75 Å². The summed E-state index contributed by atoms with van der Waals surface area (Å²) in [4.78, 5) is 40.5. The van der Waals surface area contributed by atoms with Crippen molar-refractivity contribution >= 4 is 23.3 Å². The van der Waals surface area contributed by atoms with Gasteiger partial charge >= 0.3 is 5.69 Å². The summed E-state index contributed by atoms with van der Waals surface area (Å²) < 4.78 is 3.60. The number of rotatable bonds is 6. The average Bonchev–Trinajstić information content (AvgIpc) is 3.11. The number of hydrogen-bond donors (Lipinski definition) is 2. The molecule has 0 aliphatic carbocycles. The minimum atomic E-state index is -0.532. The highest BCUT2D eigenvalue weighted by Gasteiger charge is 2.15. The van der Waals surface area contributed by atoms with E-state index in [-0.39, 0.29) is 23.5 Å². The Bertz CT molecular complexity index is 1250. The second-order valence-electron chi connectivity index (χ2n) is 6.39. The summed E-state index contributed by atoms with van der Waals surface area (Å²) in [6.45, 7) is 3.44. The van der Waals surface area contributed by atoms with E-state index < -0.39 is 17.2 Å². The zero-order chi connectivity index (χ0) is 21.1. The molecule has 0 radical (unpaired) electrons. The Morgan fingerprint density at radius 1 is 1.31 bits per heavy atom. The van der Waals surface area contributed by atoms with Crippen molar-refractivity contribution in [1.82, 2.24) is 24.1 Å². The number of allylic oxidation sites excluding steroid dienone is 1. The molecule has 2 N–H and O–H groups in total. The fourth-order valence-electron chi connectivity index (χ4n) is 2.95. The third-order valence-electron chi connectivity index (χ3n) is 4.43. The number of phenolic OH excluding ortho intramolecular Hbond substituents is 1. The smallest absolute Gasteiger partial charge is 0.332 e. The molecule has 3 rings (SSSR count). The maximum atomic E-state index is 12.2. The molecule has 0 bridgehead atoms. The number of aromatic nitrogens is 4. The summed E-state index contributed by atoms with van der Waals surface area (Å²) in [5.41, 5.74) is 2.78. The van der Waals surface area contributed by atoms with Crippen LogP contribution in [0.15, 0.2) is 51.9 Å². The Kier molecular flexibility index (Phi) is 5.44. The number of aromatic hydroxyl groups is 1. The lowest BCUT2D eigenvalue weighted by molar-refractivity contribution is -0.121. The molecular weight excluding hydrogens is 376 g/mol. The number of phenols is 1. The van der Waals surface area contributed by atoms with Crippen LogP contribution in [-0.4, -0.2) is 35.9 Å². The van der Waals surface area contributed by atoms with Crippen molar-refractivity contribution in [2.45, 2.75) is 13.0 Å². The van der Waals surface area contributed by atoms with Crippen LogP contribution in [0.25, 0.3) is 11.2 Å². The number of benzene rings is 1. The topological polar surface area (TPSA) is 124 Å². The van der Waals surface area contributed by atoms with Gasteiger partial charge in [-0.15, -0.1) is 6.58 Å². The molecule has 3 aromatic rings. The van der Waals surface area contributed by atoms with Gasteiger partial charge in [0.25, 0.3) is 11.5 Å². The Balaban J connectivity index is 1.78. The van der Waals surface area contributed by atoms with Crippen LogP contribution < -0.4 is 16.7 Å². The molecule has 0 aliphatic rings. The number of para-hydroxylation sites is 1. The van der Waals surface area contributed by atoms with E-state index in [9.17, 15) is 19.5 Å². The van der Waals surface area contributed by atoms with Gasteiger partial charge in [0.1, 0.15) is 17.9 Å². The fourth-order valence-corrected chi connectivity index (χ4v) is 2.95. The van der Waals surface area contributed by atoms with E-state index >= 15 is 0 Å². The predicted octanol–water partition coefficient (Wildman–Crippen LogP) is 0.0181. The number of aryl methyl sites for hydroxylation is 1. The lowest BCUT2D eigenvalue weighted by Crippen LogP contribution is -2.37. The number of amides is 1. The summed E-state index contributed by atoms with van der Waals surface area (Å²) in [7, 11) is 2.86. The summed E-state index contributed by atoms with van der Waals surface area (Å²) in [6, 6.07) is 5.19. The second-order valence-corrected chi connectivity index (χ2v) is 6.39. The van der Waals surface area contributed by atoms with Crippen molar-refractivity contribution in [3.05, 3.63) is 69.1 Å². The van der Waals surface area contributed by atoms with Crippen molar-refractivity contribution in [1.29, 1.82) is 0 Å². The first-order chi connectivity index (χ1) is 13.8. The van der Waals surface area contributed by atoms with Crippen LogP contribution in [0, 0.1) is 0 Å². The van der Waals surface area contributed by atoms with E-state index in [1.165, 1.54) is 35.8 Å². The molecule has 1 aromatic carbocycles. The monoisotopic (exact) mass is 396 g/mol. The highest BCUT2D eigenvalue weighted by Crippen LogP contribution is 2.21. The second kappa shape index (κ2) is 7.97. The van der Waals surface area contributed by atoms with E-state index in [1.54, 1.807) is 24.3 Å². The molecule has 0 saturated carbocycles. The zero-order valence-electron chi connectivity index (χ0n) is 16.0. The molecule has 1 amide bonds. The molecule has 10 heteroatoms. The molecular formula is C19H20N6O4. The first kappa shape index (κ1) is 19.8. The highest BCUT2D eigenvalue weighted by molar-refractivity contribution is 5.86. The lowest BCUT2D eigenvalue weighted by Gasteiger charge is -2.08. The molecule has 0 unspecified atom stereocenters. The van der Waals surface area contributed by atoms with E-state index in [0.717, 1.165) is 4.57 Å². The molecule has 0 spiro atoms. The summed E-state index contributed by atoms with van der Waals surface area (Å²) in [5, 5.41) is 14.0. The number of nitrogens with zero attached hydrogens (tertiary/aromatic N) is 5. The van der Waals surface area contributed by atoms with Gasteiger partial charge in [-0.3, -0.25) is 18.7 Å². The standard InChI is InChI=1S/C19H20N6O4/c1-4-6-12-7-5-8-13(16(12)27)9-21-22-14(26)10-25-11-20-15-17(25)23(2)19(29)24(3)18(15)28/h4-5,7-9,11,27H,1,6,10H2,2-3H3,(H,22,26). The Labute approximate surface area is 165 Å². The number of nitrogens with one attached hydrogen (secondary N) is 1. The van der Waals surface area contributed by atoms with Gasteiger partial charge in [0, 0.05) is 19.7 Å². The van der Waals surface area contributed by atoms with Crippen LogP contribution in [0.4, 0.5) is 0 Å². The molecule has 29 heavy (non-hydrogen) atoms. The quantitative estimate of drug-likeness (QED) is 0.345. The van der Waals surface area contributed by atoms with Gasteiger partial charge in [-0.25, -0.2) is 15.2 Å². The number of carbonyl (C=O) groups is 1. The van der Waals surface area contributed by atoms with Crippen LogP contribution in [0.1, 0.15) is 11.1 Å². The van der Waals surface area contributed by atoms with E-state index in [2.05, 4.69) is 22.1 Å². The van der Waals surface area contributed by atoms with Crippen molar-refractivity contribution in [3.8, 4) is 5.75 Å². The summed E-state index contributed by atoms with van der Waals surface area (Å²) in [5.74, 6) is -0.424. The van der Waals surface area contributed by atoms with Crippen LogP contribution in [0.2, 0.25) is 0 Å². The van der Waals surface area contributed by atoms with Crippen molar-refractivity contribution in [2.75, 3.05) is 0 Å². The third kappa shape index (κ3) is 3.72. The summed E-state index contributed by atoms with van der Waals surface area (Å²) >= 11 is 0. The Morgan fingerprint density at radius 2 is 2.07 bits per heavy atom. The van der Waals surface area contributed by atoms with E-state index in [0.29, 0.717) is 17.5 Å². The molecule has 0 fully saturated rings. The van der Waals surface area contributed by atoms with Gasteiger partial charge in [-0.05, 0) is 18.1 Å². The Morgan fingerprint density at radius 3 is 2.79 bits per heavy atom. The normalized spacial score (nSPS) is 11.2. The van der Waals surface area contributed by atoms with Gasteiger partial charge < -0.3 is 9.67 Å². The number of carbonyl (C=O) groups excluding carboxylic acids is 1. The maximum absolute atomic E-state index is 12.2. The number of hydrogen-bond acceptors (Lipinski definition) is 6. The molecule has 0 aliphatic heterocycles. The maximum Gasteiger partial charge on any atom is 0.332 e. The molecule has 0 atom stereocenters. The number of hydrazone groups is 1. The first-order valence-electron chi connectivity index (χ1n) is 8.69. The van der Waals surface area contributed by atoms with Gasteiger partial charge in [-0.1, -0.05) is 18.2 Å². The largest absolute Gasteiger partial charge is 0.507 e. The minimum absolute atomic E-state index is 0.0665. The van der Waals surface area contributed by atoms with Gasteiger partial charge in [-0.2, -0.15) is 5.10 Å². The third-order valence-corrected chi connectivity index (χ3v) is 4.43. The van der Waals surface area contributed by atoms with E-state index in [4.69, 9.17) is 0 Å². The first-order valence-corrected chi connectivity index (χ1v) is 8.69. The molecule has 2 aromatic heterocycles. The number of fused-ring (bicyclic) bond motifs is 1. The SMILES string of the molecule is C=CCc1cccc(C=NNC(=O)Cn2cnc3c(=O)n(C)c(=O)n(C)c32)c1O. The average molecular weight is 396 g/mol. The summed E-state index contributed by atoms with van der Waals surface area (Å²) in [6.07, 6.45) is 4.83. The highest BCUT2D eigenvalue weighted by atomic mass is 16.3. The fraction of sp³-hybridized carbons (Fsp3) is 0.211. The van der Waals surface area contributed by atoms with Crippen molar-refractivity contribution < 1.29 is 9.90 Å². The van der Waals surface area contributed by atoms with Crippen LogP contribution in [0.3, 0.4) is 0 Å². The predicted molar refractivity (Wildman–Crippen MR) is 108 cm³/mol. The number of imidazole rings is 1. The van der Waals surface area contributed by atoms with Crippen molar-refractivity contribution in [3.63, 3.8) is 0 Å². The zero-order valence-corrected chi connectivity index (χ0v) is 16.0. The minimum Gasteiger partial charge on any atom is -0.507 e. The van der Waals surface area contributed by atoms with Crippen molar-refractivity contribution in [2.24, 2.45) is 19.2 Å². The lowest BCUT2D eigenvalue weighted by atomic mass is 10.1. The van der Waals surface area contributed by atoms with Crippen LogP contribution in [-0.2, 0) is 31.9 Å². The molecule has 2 heterocycles. The van der Waals surface area contributed by atoms with Gasteiger partial charge in [0.15, 0.2) is 5.52 Å². The van der Waals surface area contributed by atoms with E-state index in [1.807, 2.05) is 0 Å². The van der Waals surface area contributed by atoms with Gasteiger partial charge in [0.05, 0.1) is 12.5 Å².